The van der Waals surface area contributed by atoms with Gasteiger partial charge in [0.1, 0.15) is 35.1 Å². The van der Waals surface area contributed by atoms with Crippen molar-refractivity contribution in [1.82, 2.24) is 0 Å². The van der Waals surface area contributed by atoms with Crippen LogP contribution in [0.5, 0.6) is 5.75 Å². The van der Waals surface area contributed by atoms with Crippen LogP contribution >= 0.6 is 0 Å². The highest BCUT2D eigenvalue weighted by molar-refractivity contribution is 5.65. The quantitative estimate of drug-likeness (QED) is 0.844. The first-order valence-electron chi connectivity index (χ1n) is 6.79. The van der Waals surface area contributed by atoms with E-state index in [2.05, 4.69) is 0 Å². The SMILES string of the molecule is CC1(C)OC(=C(C#N)C#N)C(C#N)=C1/C=C/c1ccccc1O. The molecule has 0 aromatic heterocycles. The topological polar surface area (TPSA) is 101 Å². The van der Waals surface area contributed by atoms with Crippen LogP contribution in [0.2, 0.25) is 0 Å². The maximum atomic E-state index is 9.79. The molecule has 0 saturated carbocycles. The van der Waals surface area contributed by atoms with E-state index in [0.29, 0.717) is 11.1 Å². The predicted octanol–water partition coefficient (Wildman–Crippen LogP) is 3.34. The highest BCUT2D eigenvalue weighted by Gasteiger charge is 2.38. The molecular weight excluding hydrogens is 290 g/mol. The number of nitriles is 3. The Morgan fingerprint density at radius 3 is 2.35 bits per heavy atom. The van der Waals surface area contributed by atoms with E-state index in [4.69, 9.17) is 15.3 Å². The Hall–Kier alpha value is -3.49. The summed E-state index contributed by atoms with van der Waals surface area (Å²) in [5.41, 5.74) is 0.188. The molecule has 1 aliphatic heterocycles. The van der Waals surface area contributed by atoms with Crippen molar-refractivity contribution in [2.24, 2.45) is 0 Å². The maximum Gasteiger partial charge on any atom is 0.172 e. The minimum atomic E-state index is -0.861. The second kappa shape index (κ2) is 6.10. The Bertz CT molecular complexity index is 853. The minimum Gasteiger partial charge on any atom is -0.507 e. The van der Waals surface area contributed by atoms with Crippen molar-refractivity contribution in [1.29, 1.82) is 15.8 Å². The summed E-state index contributed by atoms with van der Waals surface area (Å²) in [7, 11) is 0. The van der Waals surface area contributed by atoms with Crippen LogP contribution in [-0.2, 0) is 4.74 Å². The number of ether oxygens (including phenoxy) is 1. The molecule has 0 fully saturated rings. The van der Waals surface area contributed by atoms with Crippen LogP contribution < -0.4 is 0 Å². The smallest absolute Gasteiger partial charge is 0.172 e. The summed E-state index contributed by atoms with van der Waals surface area (Å²) in [6.07, 6.45) is 3.32. The molecular formula is C18H13N3O2. The number of allylic oxidation sites excluding steroid dienone is 2. The number of phenolic OH excluding ortho intramolecular Hbond substituents is 1. The van der Waals surface area contributed by atoms with Gasteiger partial charge in [-0.1, -0.05) is 30.4 Å². The number of nitrogens with zero attached hydrogens (tertiary/aromatic N) is 3. The Morgan fingerprint density at radius 2 is 1.78 bits per heavy atom. The van der Waals surface area contributed by atoms with Gasteiger partial charge in [0, 0.05) is 11.1 Å². The lowest BCUT2D eigenvalue weighted by Gasteiger charge is -2.20. The molecule has 0 atom stereocenters. The van der Waals surface area contributed by atoms with Gasteiger partial charge in [-0.15, -0.1) is 0 Å². The van der Waals surface area contributed by atoms with Crippen LogP contribution in [0.1, 0.15) is 19.4 Å². The van der Waals surface area contributed by atoms with E-state index in [1.165, 1.54) is 0 Å². The zero-order valence-corrected chi connectivity index (χ0v) is 12.7. The van der Waals surface area contributed by atoms with Crippen LogP contribution in [0.15, 0.2) is 52.8 Å². The first-order chi connectivity index (χ1) is 10.9. The minimum absolute atomic E-state index is 0.000524. The molecule has 0 spiro atoms. The Morgan fingerprint density at radius 1 is 1.13 bits per heavy atom. The second-order valence-electron chi connectivity index (χ2n) is 5.33. The van der Waals surface area contributed by atoms with Crippen LogP contribution in [-0.4, -0.2) is 10.7 Å². The zero-order chi connectivity index (χ0) is 17.0. The van der Waals surface area contributed by atoms with Gasteiger partial charge in [-0.2, -0.15) is 15.8 Å². The van der Waals surface area contributed by atoms with Crippen molar-refractivity contribution in [2.45, 2.75) is 19.4 Å². The summed E-state index contributed by atoms with van der Waals surface area (Å²) < 4.78 is 5.65. The molecule has 0 saturated heterocycles. The third-order valence-corrected chi connectivity index (χ3v) is 3.43. The third kappa shape index (κ3) is 2.93. The molecule has 1 aromatic carbocycles. The predicted molar refractivity (Wildman–Crippen MR) is 83.2 cm³/mol. The van der Waals surface area contributed by atoms with Crippen molar-refractivity contribution in [3.63, 3.8) is 0 Å². The van der Waals surface area contributed by atoms with E-state index in [-0.39, 0.29) is 22.7 Å². The number of rotatable bonds is 2. The van der Waals surface area contributed by atoms with Gasteiger partial charge >= 0.3 is 0 Å². The largest absolute Gasteiger partial charge is 0.507 e. The first kappa shape index (κ1) is 15.9. The highest BCUT2D eigenvalue weighted by Crippen LogP contribution is 2.40. The van der Waals surface area contributed by atoms with Crippen molar-refractivity contribution < 1.29 is 9.84 Å². The molecule has 5 heteroatoms. The summed E-state index contributed by atoms with van der Waals surface area (Å²) in [6, 6.07) is 12.3. The lowest BCUT2D eigenvalue weighted by Crippen LogP contribution is -2.20. The van der Waals surface area contributed by atoms with Gasteiger partial charge in [0.05, 0.1) is 0 Å². The second-order valence-corrected chi connectivity index (χ2v) is 5.33. The van der Waals surface area contributed by atoms with Crippen molar-refractivity contribution in [3.8, 4) is 24.0 Å². The van der Waals surface area contributed by atoms with Gasteiger partial charge < -0.3 is 9.84 Å². The van der Waals surface area contributed by atoms with Gasteiger partial charge in [-0.3, -0.25) is 0 Å². The Balaban J connectivity index is 2.59. The number of benzene rings is 1. The molecule has 1 N–H and O–H groups in total. The molecule has 0 amide bonds. The Labute approximate surface area is 134 Å². The number of aromatic hydroxyl groups is 1. The normalized spacial score (nSPS) is 15.7. The average molecular weight is 303 g/mol. The zero-order valence-electron chi connectivity index (χ0n) is 12.7. The molecule has 5 nitrogen and oxygen atoms in total. The van der Waals surface area contributed by atoms with E-state index in [0.717, 1.165) is 0 Å². The molecule has 112 valence electrons. The maximum absolute atomic E-state index is 9.79. The van der Waals surface area contributed by atoms with E-state index in [9.17, 15) is 10.4 Å². The summed E-state index contributed by atoms with van der Waals surface area (Å²) in [5, 5.41) is 37.2. The summed E-state index contributed by atoms with van der Waals surface area (Å²) in [6.45, 7) is 3.49. The van der Waals surface area contributed by atoms with Gasteiger partial charge in [0.25, 0.3) is 0 Å². The van der Waals surface area contributed by atoms with Gasteiger partial charge in [0.2, 0.25) is 0 Å². The molecule has 1 aliphatic rings. The molecule has 23 heavy (non-hydrogen) atoms. The lowest BCUT2D eigenvalue weighted by atomic mass is 9.94. The van der Waals surface area contributed by atoms with Gasteiger partial charge in [0.15, 0.2) is 11.3 Å². The molecule has 0 radical (unpaired) electrons. The molecule has 0 bridgehead atoms. The van der Waals surface area contributed by atoms with Gasteiger partial charge in [-0.05, 0) is 19.9 Å². The highest BCUT2D eigenvalue weighted by atomic mass is 16.5. The van der Waals surface area contributed by atoms with Crippen LogP contribution in [0.4, 0.5) is 0 Å². The number of hydrogen-bond acceptors (Lipinski definition) is 5. The first-order valence-corrected chi connectivity index (χ1v) is 6.79. The summed E-state index contributed by atoms with van der Waals surface area (Å²) >= 11 is 0. The average Bonchev–Trinajstić information content (AvgIpc) is 2.78. The Kier molecular flexibility index (Phi) is 4.21. The van der Waals surface area contributed by atoms with Crippen LogP contribution in [0.25, 0.3) is 6.08 Å². The fourth-order valence-corrected chi connectivity index (χ4v) is 2.28. The number of para-hydroxylation sites is 1. The molecule has 0 unspecified atom stereocenters. The fraction of sp³-hybridized carbons (Fsp3) is 0.167. The van der Waals surface area contributed by atoms with E-state index >= 15 is 0 Å². The molecule has 1 heterocycles. The summed E-state index contributed by atoms with van der Waals surface area (Å²) in [5.74, 6) is 0.115. The standard InChI is InChI=1S/C18H13N3O2/c1-18(2)15(8-7-12-5-3-4-6-16(12)22)14(11-21)17(23-18)13(9-19)10-20/h3-8,22H,1-2H3/b8-7+. The molecule has 2 rings (SSSR count). The van der Waals surface area contributed by atoms with Crippen molar-refractivity contribution in [2.75, 3.05) is 0 Å². The van der Waals surface area contributed by atoms with Gasteiger partial charge in [-0.25, -0.2) is 0 Å². The lowest BCUT2D eigenvalue weighted by molar-refractivity contribution is 0.0954. The van der Waals surface area contributed by atoms with Crippen LogP contribution in [0, 0.1) is 34.0 Å². The van der Waals surface area contributed by atoms with E-state index in [1.807, 2.05) is 6.07 Å². The summed E-state index contributed by atoms with van der Waals surface area (Å²) in [4.78, 5) is 0. The van der Waals surface area contributed by atoms with Crippen LogP contribution in [0.3, 0.4) is 0 Å². The van der Waals surface area contributed by atoms with Crippen molar-refractivity contribution in [3.05, 3.63) is 58.4 Å². The third-order valence-electron chi connectivity index (χ3n) is 3.43. The molecule has 0 aliphatic carbocycles. The van der Waals surface area contributed by atoms with E-state index in [1.54, 1.807) is 62.4 Å². The van der Waals surface area contributed by atoms with E-state index < -0.39 is 5.60 Å². The number of phenols is 1. The monoisotopic (exact) mass is 303 g/mol. The van der Waals surface area contributed by atoms with Crippen molar-refractivity contribution >= 4 is 6.08 Å². The number of hydrogen-bond donors (Lipinski definition) is 1. The fourth-order valence-electron chi connectivity index (χ4n) is 2.28. The molecule has 1 aromatic rings.